The predicted octanol–water partition coefficient (Wildman–Crippen LogP) is 3.77. The number of aromatic nitrogens is 1. The van der Waals surface area contributed by atoms with Crippen LogP contribution in [0, 0.1) is 0 Å². The summed E-state index contributed by atoms with van der Waals surface area (Å²) in [6, 6.07) is 12.9. The first-order valence-electron chi connectivity index (χ1n) is 9.88. The van der Waals surface area contributed by atoms with Crippen molar-refractivity contribution in [2.24, 2.45) is 0 Å². The lowest BCUT2D eigenvalue weighted by atomic mass is 10.2. The summed E-state index contributed by atoms with van der Waals surface area (Å²) < 4.78 is 0. The van der Waals surface area contributed by atoms with Crippen molar-refractivity contribution >= 4 is 34.5 Å². The van der Waals surface area contributed by atoms with Crippen LogP contribution >= 0.6 is 12.2 Å². The van der Waals surface area contributed by atoms with Crippen molar-refractivity contribution in [3.8, 4) is 0 Å². The maximum absolute atomic E-state index is 5.42. The summed E-state index contributed by atoms with van der Waals surface area (Å²) in [7, 11) is 0. The molecule has 1 aromatic carbocycles. The molecule has 142 valence electrons. The van der Waals surface area contributed by atoms with Gasteiger partial charge in [-0.3, -0.25) is 0 Å². The van der Waals surface area contributed by atoms with Crippen molar-refractivity contribution in [3.05, 3.63) is 48.2 Å². The number of rotatable bonds is 5. The van der Waals surface area contributed by atoms with E-state index in [9.17, 15) is 0 Å². The second-order valence-corrected chi connectivity index (χ2v) is 7.68. The van der Waals surface area contributed by atoms with Crippen molar-refractivity contribution in [2.75, 3.05) is 41.3 Å². The minimum absolute atomic E-state index is 0.620. The smallest absolute Gasteiger partial charge is 0.171 e. The Bertz CT molecular complexity index is 747. The van der Waals surface area contributed by atoms with Gasteiger partial charge in [0.2, 0.25) is 0 Å². The molecule has 2 aliphatic heterocycles. The van der Waals surface area contributed by atoms with Gasteiger partial charge in [0.1, 0.15) is 5.82 Å². The molecule has 2 fully saturated rings. The molecule has 2 N–H and O–H groups in total. The summed E-state index contributed by atoms with van der Waals surface area (Å²) >= 11 is 5.42. The van der Waals surface area contributed by atoms with Gasteiger partial charge in [-0.05, 0) is 67.7 Å². The van der Waals surface area contributed by atoms with Crippen LogP contribution in [-0.2, 0) is 6.54 Å². The van der Waals surface area contributed by atoms with Gasteiger partial charge in [-0.15, -0.1) is 0 Å². The molecule has 0 unspecified atom stereocenters. The number of nitrogens with one attached hydrogen (secondary N) is 2. The van der Waals surface area contributed by atoms with Gasteiger partial charge in [-0.2, -0.15) is 0 Å². The van der Waals surface area contributed by atoms with Crippen molar-refractivity contribution in [1.29, 1.82) is 0 Å². The van der Waals surface area contributed by atoms with Crippen LogP contribution in [0.2, 0.25) is 0 Å². The Morgan fingerprint density at radius 3 is 2.19 bits per heavy atom. The molecule has 27 heavy (non-hydrogen) atoms. The molecule has 0 aliphatic carbocycles. The van der Waals surface area contributed by atoms with Crippen molar-refractivity contribution in [1.82, 2.24) is 10.3 Å². The Morgan fingerprint density at radius 2 is 1.56 bits per heavy atom. The average Bonchev–Trinajstić information content (AvgIpc) is 3.41. The maximum Gasteiger partial charge on any atom is 0.171 e. The molecule has 2 saturated heterocycles. The van der Waals surface area contributed by atoms with Crippen LogP contribution in [0.3, 0.4) is 0 Å². The fraction of sp³-hybridized carbons (Fsp3) is 0.429. The van der Waals surface area contributed by atoms with E-state index < -0.39 is 0 Å². The molecule has 6 heteroatoms. The topological polar surface area (TPSA) is 43.4 Å². The third-order valence-corrected chi connectivity index (χ3v) is 5.54. The minimum atomic E-state index is 0.620. The summed E-state index contributed by atoms with van der Waals surface area (Å²) in [5, 5.41) is 7.11. The highest BCUT2D eigenvalue weighted by Gasteiger charge is 2.13. The van der Waals surface area contributed by atoms with Gasteiger partial charge in [0.25, 0.3) is 0 Å². The molecule has 1 aromatic heterocycles. The van der Waals surface area contributed by atoms with E-state index in [1.165, 1.54) is 50.0 Å². The largest absolute Gasteiger partial charge is 0.372 e. The number of benzene rings is 1. The summed E-state index contributed by atoms with van der Waals surface area (Å²) in [5.41, 5.74) is 3.46. The zero-order valence-corrected chi connectivity index (χ0v) is 16.5. The van der Waals surface area contributed by atoms with E-state index >= 15 is 0 Å². The summed E-state index contributed by atoms with van der Waals surface area (Å²) in [6.45, 7) is 5.28. The van der Waals surface area contributed by atoms with E-state index in [1.807, 2.05) is 12.3 Å². The van der Waals surface area contributed by atoms with E-state index in [2.05, 4.69) is 55.7 Å². The van der Waals surface area contributed by atoms with Crippen molar-refractivity contribution < 1.29 is 0 Å². The van der Waals surface area contributed by atoms with Crippen LogP contribution < -0.4 is 20.4 Å². The van der Waals surface area contributed by atoms with E-state index in [-0.39, 0.29) is 0 Å². The Morgan fingerprint density at radius 1 is 0.889 bits per heavy atom. The monoisotopic (exact) mass is 381 g/mol. The number of hydrogen-bond donors (Lipinski definition) is 2. The van der Waals surface area contributed by atoms with Crippen LogP contribution in [-0.4, -0.2) is 36.3 Å². The molecule has 2 aromatic rings. The Balaban J connectivity index is 1.25. The zero-order chi connectivity index (χ0) is 18.5. The molecule has 4 rings (SSSR count). The van der Waals surface area contributed by atoms with Crippen LogP contribution in [0.5, 0.6) is 0 Å². The number of hydrogen-bond acceptors (Lipinski definition) is 4. The highest BCUT2D eigenvalue weighted by Crippen LogP contribution is 2.21. The predicted molar refractivity (Wildman–Crippen MR) is 117 cm³/mol. The number of thiocarbonyl (C=S) groups is 1. The van der Waals surface area contributed by atoms with Gasteiger partial charge >= 0.3 is 0 Å². The number of pyridine rings is 1. The number of anilines is 3. The van der Waals surface area contributed by atoms with Gasteiger partial charge in [0.15, 0.2) is 5.11 Å². The van der Waals surface area contributed by atoms with E-state index in [4.69, 9.17) is 12.2 Å². The molecular formula is C21H27N5S. The fourth-order valence-electron chi connectivity index (χ4n) is 3.75. The van der Waals surface area contributed by atoms with Crippen molar-refractivity contribution in [3.63, 3.8) is 0 Å². The lowest BCUT2D eigenvalue weighted by Crippen LogP contribution is -2.28. The van der Waals surface area contributed by atoms with Crippen LogP contribution in [0.25, 0.3) is 0 Å². The first-order valence-corrected chi connectivity index (χ1v) is 10.3. The van der Waals surface area contributed by atoms with Gasteiger partial charge in [0.05, 0.1) is 11.9 Å². The van der Waals surface area contributed by atoms with Crippen LogP contribution in [0.15, 0.2) is 42.6 Å². The summed E-state index contributed by atoms with van der Waals surface area (Å²) in [4.78, 5) is 9.32. The van der Waals surface area contributed by atoms with Crippen LogP contribution in [0.4, 0.5) is 17.2 Å². The SMILES string of the molecule is S=C(NCc1ccc(N2CCCC2)cc1)Nc1ccc(N2CCCC2)nc1. The van der Waals surface area contributed by atoms with Crippen LogP contribution in [0.1, 0.15) is 31.2 Å². The molecule has 2 aliphatic rings. The van der Waals surface area contributed by atoms with E-state index in [0.29, 0.717) is 11.7 Å². The molecule has 0 bridgehead atoms. The molecule has 0 atom stereocenters. The summed E-state index contributed by atoms with van der Waals surface area (Å²) in [6.07, 6.45) is 6.98. The van der Waals surface area contributed by atoms with Crippen molar-refractivity contribution in [2.45, 2.75) is 32.2 Å². The van der Waals surface area contributed by atoms with Gasteiger partial charge in [-0.25, -0.2) is 4.98 Å². The fourth-order valence-corrected chi connectivity index (χ4v) is 3.94. The minimum Gasteiger partial charge on any atom is -0.372 e. The molecule has 0 radical (unpaired) electrons. The molecular weight excluding hydrogens is 354 g/mol. The maximum atomic E-state index is 5.42. The molecule has 0 saturated carbocycles. The Labute approximate surface area is 166 Å². The average molecular weight is 382 g/mol. The van der Waals surface area contributed by atoms with E-state index in [1.54, 1.807) is 0 Å². The quantitative estimate of drug-likeness (QED) is 0.769. The lowest BCUT2D eigenvalue weighted by molar-refractivity contribution is 0.920. The molecule has 0 spiro atoms. The van der Waals surface area contributed by atoms with Gasteiger partial charge in [-0.1, -0.05) is 12.1 Å². The van der Waals surface area contributed by atoms with Gasteiger partial charge in [0, 0.05) is 38.4 Å². The molecule has 0 amide bonds. The second-order valence-electron chi connectivity index (χ2n) is 7.27. The Kier molecular flexibility index (Phi) is 5.72. The molecule has 3 heterocycles. The summed E-state index contributed by atoms with van der Waals surface area (Å²) in [5.74, 6) is 1.05. The third-order valence-electron chi connectivity index (χ3n) is 5.30. The highest BCUT2D eigenvalue weighted by atomic mass is 32.1. The first kappa shape index (κ1) is 18.0. The first-order chi connectivity index (χ1) is 13.3. The number of nitrogens with zero attached hydrogens (tertiary/aromatic N) is 3. The third kappa shape index (κ3) is 4.69. The lowest BCUT2D eigenvalue weighted by Gasteiger charge is -2.18. The second kappa shape index (κ2) is 8.57. The Hall–Kier alpha value is -2.34. The zero-order valence-electron chi connectivity index (χ0n) is 15.7. The highest BCUT2D eigenvalue weighted by molar-refractivity contribution is 7.80. The normalized spacial score (nSPS) is 16.6. The standard InChI is InChI=1S/C21H27N5S/c27-21(24-18-7-10-20(22-16-18)26-13-3-4-14-26)23-15-17-5-8-19(9-6-17)25-11-1-2-12-25/h5-10,16H,1-4,11-15H2,(H2,23,24,27). The van der Waals surface area contributed by atoms with E-state index in [0.717, 1.165) is 24.6 Å². The van der Waals surface area contributed by atoms with Gasteiger partial charge < -0.3 is 20.4 Å². The molecule has 5 nitrogen and oxygen atoms in total.